The monoisotopic (exact) mass is 359 g/mol. The second kappa shape index (κ2) is 9.03. The van der Waals surface area contributed by atoms with Gasteiger partial charge in [-0.3, -0.25) is 9.59 Å². The van der Waals surface area contributed by atoms with Gasteiger partial charge >= 0.3 is 0 Å². The zero-order valence-corrected chi connectivity index (χ0v) is 15.6. The molecule has 2 amide bonds. The highest BCUT2D eigenvalue weighted by Gasteiger charge is 2.35. The highest BCUT2D eigenvalue weighted by molar-refractivity contribution is 5.99. The van der Waals surface area contributed by atoms with Crippen molar-refractivity contribution in [2.75, 3.05) is 42.6 Å². The van der Waals surface area contributed by atoms with Crippen molar-refractivity contribution in [2.45, 2.75) is 45.1 Å². The number of carbonyl (C=O) groups excluding carboxylic acids is 2. The molecule has 0 aliphatic carbocycles. The third kappa shape index (κ3) is 4.36. The van der Waals surface area contributed by atoms with Crippen LogP contribution in [0.2, 0.25) is 0 Å². The number of carbonyl (C=O) groups is 2. The Kier molecular flexibility index (Phi) is 6.50. The standard InChI is InChI=1S/C20H29N3O3/c1-2-26-14-6-12-21-19(24)10-11-20(25)23-15-16-7-5-13-22(16)17-8-3-4-9-18(17)23/h3-4,8-9,16H,2,5-7,10-15H2,1H3,(H,21,24). The summed E-state index contributed by atoms with van der Waals surface area (Å²) in [6.07, 6.45) is 3.58. The lowest BCUT2D eigenvalue weighted by atomic mass is 10.1. The van der Waals surface area contributed by atoms with E-state index in [4.69, 9.17) is 4.74 Å². The van der Waals surface area contributed by atoms with E-state index >= 15 is 0 Å². The Labute approximate surface area is 155 Å². The number of amides is 2. The maximum atomic E-state index is 12.8. The van der Waals surface area contributed by atoms with E-state index < -0.39 is 0 Å². The molecule has 6 heteroatoms. The van der Waals surface area contributed by atoms with Crippen molar-refractivity contribution in [1.29, 1.82) is 0 Å². The summed E-state index contributed by atoms with van der Waals surface area (Å²) in [5.74, 6) is -0.0314. The van der Waals surface area contributed by atoms with Gasteiger partial charge in [0.1, 0.15) is 0 Å². The lowest BCUT2D eigenvalue weighted by Crippen LogP contribution is -2.48. The average molecular weight is 359 g/mol. The van der Waals surface area contributed by atoms with Gasteiger partial charge in [0.05, 0.1) is 11.4 Å². The number of para-hydroxylation sites is 2. The van der Waals surface area contributed by atoms with Crippen LogP contribution in [-0.2, 0) is 14.3 Å². The molecular formula is C20H29N3O3. The van der Waals surface area contributed by atoms with Gasteiger partial charge in [0, 0.05) is 51.7 Å². The molecule has 1 unspecified atom stereocenters. The van der Waals surface area contributed by atoms with E-state index in [0.717, 1.165) is 37.3 Å². The summed E-state index contributed by atoms with van der Waals surface area (Å²) in [4.78, 5) is 29.0. The van der Waals surface area contributed by atoms with E-state index in [2.05, 4.69) is 16.3 Å². The van der Waals surface area contributed by atoms with Gasteiger partial charge < -0.3 is 19.9 Å². The molecule has 3 rings (SSSR count). The third-order valence-corrected chi connectivity index (χ3v) is 5.11. The fourth-order valence-corrected chi connectivity index (χ4v) is 3.81. The molecule has 2 aliphatic heterocycles. The van der Waals surface area contributed by atoms with Crippen molar-refractivity contribution in [3.05, 3.63) is 24.3 Å². The predicted molar refractivity (Wildman–Crippen MR) is 103 cm³/mol. The Hall–Kier alpha value is -2.08. The summed E-state index contributed by atoms with van der Waals surface area (Å²) in [7, 11) is 0. The zero-order chi connectivity index (χ0) is 18.4. The number of nitrogens with zero attached hydrogens (tertiary/aromatic N) is 2. The maximum Gasteiger partial charge on any atom is 0.227 e. The van der Waals surface area contributed by atoms with E-state index in [9.17, 15) is 9.59 Å². The molecular weight excluding hydrogens is 330 g/mol. The minimum absolute atomic E-state index is 0.0356. The van der Waals surface area contributed by atoms with Gasteiger partial charge in [-0.25, -0.2) is 0 Å². The topological polar surface area (TPSA) is 61.9 Å². The molecule has 6 nitrogen and oxygen atoms in total. The Morgan fingerprint density at radius 1 is 1.23 bits per heavy atom. The van der Waals surface area contributed by atoms with Gasteiger partial charge in [0.2, 0.25) is 11.8 Å². The number of nitrogens with one attached hydrogen (secondary N) is 1. The molecule has 0 saturated carbocycles. The van der Waals surface area contributed by atoms with Gasteiger partial charge in [-0.2, -0.15) is 0 Å². The normalized spacial score (nSPS) is 18.4. The molecule has 1 aromatic carbocycles. The Balaban J connectivity index is 1.52. The molecule has 1 fully saturated rings. The van der Waals surface area contributed by atoms with Crippen LogP contribution >= 0.6 is 0 Å². The smallest absolute Gasteiger partial charge is 0.227 e. The maximum absolute atomic E-state index is 12.8. The zero-order valence-electron chi connectivity index (χ0n) is 15.6. The van der Waals surface area contributed by atoms with E-state index in [1.165, 1.54) is 6.42 Å². The van der Waals surface area contributed by atoms with Crippen LogP contribution in [0.5, 0.6) is 0 Å². The molecule has 1 N–H and O–H groups in total. The molecule has 1 aromatic rings. The molecule has 0 aromatic heterocycles. The van der Waals surface area contributed by atoms with Crippen LogP contribution in [0.4, 0.5) is 11.4 Å². The Morgan fingerprint density at radius 3 is 2.85 bits per heavy atom. The van der Waals surface area contributed by atoms with Gasteiger partial charge in [-0.05, 0) is 38.3 Å². The minimum atomic E-state index is -0.0670. The summed E-state index contributed by atoms with van der Waals surface area (Å²) in [6, 6.07) is 8.51. The third-order valence-electron chi connectivity index (χ3n) is 5.11. The average Bonchev–Trinajstić information content (AvgIpc) is 3.14. The Morgan fingerprint density at radius 2 is 2.04 bits per heavy atom. The number of benzene rings is 1. The number of hydrogen-bond donors (Lipinski definition) is 1. The van der Waals surface area contributed by atoms with Gasteiger partial charge in [-0.15, -0.1) is 0 Å². The molecule has 0 radical (unpaired) electrons. The first kappa shape index (κ1) is 18.7. The van der Waals surface area contributed by atoms with Crippen LogP contribution in [0.1, 0.15) is 39.0 Å². The molecule has 0 spiro atoms. The van der Waals surface area contributed by atoms with Crippen LogP contribution in [0, 0.1) is 0 Å². The fraction of sp³-hybridized carbons (Fsp3) is 0.600. The van der Waals surface area contributed by atoms with Gasteiger partial charge in [-0.1, -0.05) is 12.1 Å². The first-order valence-corrected chi connectivity index (χ1v) is 9.71. The number of fused-ring (bicyclic) bond motifs is 3. The molecule has 142 valence electrons. The van der Waals surface area contributed by atoms with Crippen LogP contribution in [0.3, 0.4) is 0 Å². The fourth-order valence-electron chi connectivity index (χ4n) is 3.81. The first-order chi connectivity index (χ1) is 12.7. The first-order valence-electron chi connectivity index (χ1n) is 9.71. The molecule has 1 saturated heterocycles. The van der Waals surface area contributed by atoms with E-state index in [1.54, 1.807) is 0 Å². The molecule has 2 aliphatic rings. The van der Waals surface area contributed by atoms with E-state index in [0.29, 0.717) is 25.8 Å². The summed E-state index contributed by atoms with van der Waals surface area (Å²) in [5, 5.41) is 2.86. The predicted octanol–water partition coefficient (Wildman–Crippen LogP) is 2.33. The van der Waals surface area contributed by atoms with Crippen molar-refractivity contribution in [2.24, 2.45) is 0 Å². The second-order valence-electron chi connectivity index (χ2n) is 6.88. The molecule has 0 bridgehead atoms. The number of rotatable bonds is 8. The molecule has 1 atom stereocenters. The second-order valence-corrected chi connectivity index (χ2v) is 6.88. The van der Waals surface area contributed by atoms with Crippen molar-refractivity contribution < 1.29 is 14.3 Å². The molecule has 2 heterocycles. The number of anilines is 2. The van der Waals surface area contributed by atoms with Gasteiger partial charge in [0.15, 0.2) is 0 Å². The van der Waals surface area contributed by atoms with Crippen LogP contribution in [0.15, 0.2) is 24.3 Å². The highest BCUT2D eigenvalue weighted by Crippen LogP contribution is 2.39. The minimum Gasteiger partial charge on any atom is -0.382 e. The number of hydrogen-bond acceptors (Lipinski definition) is 4. The van der Waals surface area contributed by atoms with Crippen LogP contribution in [-0.4, -0.2) is 50.7 Å². The Bertz CT molecular complexity index is 634. The summed E-state index contributed by atoms with van der Waals surface area (Å²) < 4.78 is 5.24. The van der Waals surface area contributed by atoms with Crippen molar-refractivity contribution in [3.63, 3.8) is 0 Å². The van der Waals surface area contributed by atoms with Gasteiger partial charge in [0.25, 0.3) is 0 Å². The summed E-state index contributed by atoms with van der Waals surface area (Å²) in [6.45, 7) is 5.68. The summed E-state index contributed by atoms with van der Waals surface area (Å²) in [5.41, 5.74) is 2.13. The van der Waals surface area contributed by atoms with E-state index in [1.807, 2.05) is 30.0 Å². The largest absolute Gasteiger partial charge is 0.382 e. The lowest BCUT2D eigenvalue weighted by molar-refractivity contribution is -0.125. The van der Waals surface area contributed by atoms with Crippen molar-refractivity contribution in [3.8, 4) is 0 Å². The SMILES string of the molecule is CCOCCCNC(=O)CCC(=O)N1CC2CCCN2c2ccccc21. The number of ether oxygens (including phenoxy) is 1. The summed E-state index contributed by atoms with van der Waals surface area (Å²) >= 11 is 0. The van der Waals surface area contributed by atoms with E-state index in [-0.39, 0.29) is 24.7 Å². The molecule has 26 heavy (non-hydrogen) atoms. The quantitative estimate of drug-likeness (QED) is 0.724. The lowest BCUT2D eigenvalue weighted by Gasteiger charge is -2.40. The van der Waals surface area contributed by atoms with Crippen LogP contribution < -0.4 is 15.1 Å². The highest BCUT2D eigenvalue weighted by atomic mass is 16.5. The van der Waals surface area contributed by atoms with Crippen molar-refractivity contribution >= 4 is 23.2 Å². The van der Waals surface area contributed by atoms with Crippen LogP contribution in [0.25, 0.3) is 0 Å². The van der Waals surface area contributed by atoms with Crippen molar-refractivity contribution in [1.82, 2.24) is 5.32 Å².